The highest BCUT2D eigenvalue weighted by Crippen LogP contribution is 2.26. The minimum atomic E-state index is -0.0209. The molecule has 0 saturated carbocycles. The SMILES string of the molecule is Cc1ncncc1C(=O)N1CC(CO)C(CN2CCN(C)CC2)C1. The van der Waals surface area contributed by atoms with Gasteiger partial charge in [-0.25, -0.2) is 9.97 Å². The highest BCUT2D eigenvalue weighted by Gasteiger charge is 2.36. The van der Waals surface area contributed by atoms with Crippen molar-refractivity contribution in [1.82, 2.24) is 24.7 Å². The van der Waals surface area contributed by atoms with Crippen LogP contribution in [0.4, 0.5) is 0 Å². The van der Waals surface area contributed by atoms with Gasteiger partial charge in [-0.3, -0.25) is 4.79 Å². The molecule has 1 aromatic heterocycles. The van der Waals surface area contributed by atoms with Gasteiger partial charge in [0.05, 0.1) is 11.3 Å². The molecule has 132 valence electrons. The third-order valence-corrected chi connectivity index (χ3v) is 5.33. The number of hydrogen-bond acceptors (Lipinski definition) is 6. The average Bonchev–Trinajstić information content (AvgIpc) is 3.00. The van der Waals surface area contributed by atoms with Crippen LogP contribution in [0.2, 0.25) is 0 Å². The summed E-state index contributed by atoms with van der Waals surface area (Å²) in [5.74, 6) is 0.457. The summed E-state index contributed by atoms with van der Waals surface area (Å²) >= 11 is 0. The maximum Gasteiger partial charge on any atom is 0.257 e. The summed E-state index contributed by atoms with van der Waals surface area (Å²) in [6, 6.07) is 0. The monoisotopic (exact) mass is 333 g/mol. The van der Waals surface area contributed by atoms with Crippen molar-refractivity contribution in [2.75, 3.05) is 59.5 Å². The molecule has 2 unspecified atom stereocenters. The molecular formula is C17H27N5O2. The Hall–Kier alpha value is -1.57. The molecule has 7 heteroatoms. The lowest BCUT2D eigenvalue weighted by Crippen LogP contribution is -2.47. The molecule has 3 rings (SSSR count). The summed E-state index contributed by atoms with van der Waals surface area (Å²) in [5.41, 5.74) is 1.27. The smallest absolute Gasteiger partial charge is 0.257 e. The fourth-order valence-corrected chi connectivity index (χ4v) is 3.65. The topological polar surface area (TPSA) is 72.8 Å². The number of piperazine rings is 1. The Morgan fingerprint density at radius 3 is 2.62 bits per heavy atom. The first kappa shape index (κ1) is 17.3. The van der Waals surface area contributed by atoms with Crippen LogP contribution >= 0.6 is 0 Å². The number of aliphatic hydroxyl groups excluding tert-OH is 1. The number of aryl methyl sites for hydroxylation is 1. The maximum atomic E-state index is 12.8. The van der Waals surface area contributed by atoms with E-state index in [1.807, 2.05) is 11.8 Å². The second kappa shape index (κ2) is 7.55. The molecule has 2 aliphatic heterocycles. The van der Waals surface area contributed by atoms with E-state index < -0.39 is 0 Å². The predicted molar refractivity (Wildman–Crippen MR) is 90.7 cm³/mol. The molecule has 0 aromatic carbocycles. The Labute approximate surface area is 143 Å². The fourth-order valence-electron chi connectivity index (χ4n) is 3.65. The zero-order valence-corrected chi connectivity index (χ0v) is 14.6. The van der Waals surface area contributed by atoms with Gasteiger partial charge in [-0.15, -0.1) is 0 Å². The molecule has 0 spiro atoms. The fraction of sp³-hybridized carbons (Fsp3) is 0.706. The van der Waals surface area contributed by atoms with E-state index in [0.717, 1.165) is 32.7 Å². The Balaban J connectivity index is 1.63. The molecule has 1 aromatic rings. The van der Waals surface area contributed by atoms with Gasteiger partial charge < -0.3 is 19.8 Å². The van der Waals surface area contributed by atoms with Crippen LogP contribution in [0.3, 0.4) is 0 Å². The molecule has 24 heavy (non-hydrogen) atoms. The molecule has 2 fully saturated rings. The molecule has 0 aliphatic carbocycles. The second-order valence-corrected chi connectivity index (χ2v) is 7.04. The number of carbonyl (C=O) groups excluding carboxylic acids is 1. The van der Waals surface area contributed by atoms with Crippen molar-refractivity contribution in [2.24, 2.45) is 11.8 Å². The van der Waals surface area contributed by atoms with Crippen molar-refractivity contribution in [1.29, 1.82) is 0 Å². The number of rotatable bonds is 4. The third-order valence-electron chi connectivity index (χ3n) is 5.33. The molecule has 0 radical (unpaired) electrons. The number of aliphatic hydroxyl groups is 1. The zero-order valence-electron chi connectivity index (χ0n) is 14.6. The number of carbonyl (C=O) groups is 1. The first-order valence-corrected chi connectivity index (χ1v) is 8.66. The van der Waals surface area contributed by atoms with Gasteiger partial charge >= 0.3 is 0 Å². The minimum absolute atomic E-state index is 0.0209. The van der Waals surface area contributed by atoms with Crippen LogP contribution in [-0.2, 0) is 0 Å². The number of aromatic nitrogens is 2. The Bertz CT molecular complexity index is 574. The van der Waals surface area contributed by atoms with Crippen LogP contribution in [0, 0.1) is 18.8 Å². The standard InChI is InChI=1S/C17H27N5O2/c1-13-16(7-18-12-19-13)17(24)22-9-14(15(10-22)11-23)8-21-5-3-20(2)4-6-21/h7,12,14-15,23H,3-6,8-11H2,1-2H3. The minimum Gasteiger partial charge on any atom is -0.396 e. The van der Waals surface area contributed by atoms with E-state index in [4.69, 9.17) is 0 Å². The quantitative estimate of drug-likeness (QED) is 0.817. The maximum absolute atomic E-state index is 12.8. The van der Waals surface area contributed by atoms with E-state index in [1.165, 1.54) is 6.33 Å². The van der Waals surface area contributed by atoms with Crippen molar-refractivity contribution < 1.29 is 9.90 Å². The summed E-state index contributed by atoms with van der Waals surface area (Å²) < 4.78 is 0. The van der Waals surface area contributed by atoms with Gasteiger partial charge in [0.2, 0.25) is 0 Å². The molecule has 3 heterocycles. The number of nitrogens with zero attached hydrogens (tertiary/aromatic N) is 5. The van der Waals surface area contributed by atoms with Crippen LogP contribution in [0.5, 0.6) is 0 Å². The molecular weight excluding hydrogens is 306 g/mol. The van der Waals surface area contributed by atoms with E-state index in [0.29, 0.717) is 30.3 Å². The molecule has 2 atom stereocenters. The van der Waals surface area contributed by atoms with E-state index >= 15 is 0 Å². The van der Waals surface area contributed by atoms with Gasteiger partial charge in [-0.1, -0.05) is 0 Å². The summed E-state index contributed by atoms with van der Waals surface area (Å²) in [5, 5.41) is 9.74. The van der Waals surface area contributed by atoms with Crippen molar-refractivity contribution in [3.05, 3.63) is 23.8 Å². The highest BCUT2D eigenvalue weighted by atomic mass is 16.3. The summed E-state index contributed by atoms with van der Waals surface area (Å²) in [6.07, 6.45) is 3.05. The van der Waals surface area contributed by atoms with Gasteiger partial charge in [-0.2, -0.15) is 0 Å². The summed E-state index contributed by atoms with van der Waals surface area (Å²) in [6.45, 7) is 8.51. The van der Waals surface area contributed by atoms with Crippen LogP contribution in [0.15, 0.2) is 12.5 Å². The predicted octanol–water partition coefficient (Wildman–Crippen LogP) is -0.287. The van der Waals surface area contributed by atoms with Crippen molar-refractivity contribution in [3.63, 3.8) is 0 Å². The van der Waals surface area contributed by atoms with Crippen molar-refractivity contribution in [3.8, 4) is 0 Å². The molecule has 1 amide bonds. The van der Waals surface area contributed by atoms with Gasteiger partial charge in [0.15, 0.2) is 0 Å². The Morgan fingerprint density at radius 1 is 1.25 bits per heavy atom. The lowest BCUT2D eigenvalue weighted by molar-refractivity contribution is 0.0775. The normalized spacial score (nSPS) is 26.0. The average molecular weight is 333 g/mol. The molecule has 1 N–H and O–H groups in total. The van der Waals surface area contributed by atoms with Crippen LogP contribution in [0.1, 0.15) is 16.1 Å². The van der Waals surface area contributed by atoms with E-state index in [2.05, 4.69) is 26.8 Å². The van der Waals surface area contributed by atoms with Crippen LogP contribution in [0.25, 0.3) is 0 Å². The van der Waals surface area contributed by atoms with Gasteiger partial charge in [0.1, 0.15) is 6.33 Å². The number of hydrogen-bond donors (Lipinski definition) is 1. The first-order chi connectivity index (χ1) is 11.6. The van der Waals surface area contributed by atoms with Crippen LogP contribution < -0.4 is 0 Å². The van der Waals surface area contributed by atoms with Gasteiger partial charge in [0.25, 0.3) is 5.91 Å². The van der Waals surface area contributed by atoms with Crippen molar-refractivity contribution >= 4 is 5.91 Å². The van der Waals surface area contributed by atoms with E-state index in [-0.39, 0.29) is 18.4 Å². The number of likely N-dealkylation sites (N-methyl/N-ethyl adjacent to an activating group) is 1. The van der Waals surface area contributed by atoms with Crippen molar-refractivity contribution in [2.45, 2.75) is 6.92 Å². The van der Waals surface area contributed by atoms with Gasteiger partial charge in [0, 0.05) is 64.5 Å². The zero-order chi connectivity index (χ0) is 17.1. The molecule has 0 bridgehead atoms. The molecule has 2 saturated heterocycles. The number of amides is 1. The second-order valence-electron chi connectivity index (χ2n) is 7.04. The molecule has 2 aliphatic rings. The summed E-state index contributed by atoms with van der Waals surface area (Å²) in [4.78, 5) is 27.5. The lowest BCUT2D eigenvalue weighted by Gasteiger charge is -2.34. The lowest BCUT2D eigenvalue weighted by atomic mass is 9.96. The Morgan fingerprint density at radius 2 is 1.96 bits per heavy atom. The summed E-state index contributed by atoms with van der Waals surface area (Å²) in [7, 11) is 2.15. The van der Waals surface area contributed by atoms with Crippen LogP contribution in [-0.4, -0.2) is 95.1 Å². The van der Waals surface area contributed by atoms with E-state index in [1.54, 1.807) is 6.20 Å². The third kappa shape index (κ3) is 3.74. The van der Waals surface area contributed by atoms with Gasteiger partial charge in [-0.05, 0) is 19.9 Å². The first-order valence-electron chi connectivity index (χ1n) is 8.66. The number of likely N-dealkylation sites (tertiary alicyclic amines) is 1. The highest BCUT2D eigenvalue weighted by molar-refractivity contribution is 5.95. The largest absolute Gasteiger partial charge is 0.396 e. The van der Waals surface area contributed by atoms with E-state index in [9.17, 15) is 9.90 Å². The molecule has 7 nitrogen and oxygen atoms in total. The Kier molecular flexibility index (Phi) is 5.43.